The first-order valence-electron chi connectivity index (χ1n) is 6.46. The minimum atomic E-state index is -3.43. The summed E-state index contributed by atoms with van der Waals surface area (Å²) in [5.41, 5.74) is 4.68. The van der Waals surface area contributed by atoms with Crippen LogP contribution in [0.15, 0.2) is 17.0 Å². The van der Waals surface area contributed by atoms with Crippen LogP contribution in [0.2, 0.25) is 0 Å². The fourth-order valence-corrected chi connectivity index (χ4v) is 4.22. The van der Waals surface area contributed by atoms with Crippen molar-refractivity contribution < 1.29 is 8.42 Å². The highest BCUT2D eigenvalue weighted by Crippen LogP contribution is 2.27. The van der Waals surface area contributed by atoms with Crippen LogP contribution >= 0.6 is 0 Å². The molecular weight excluding hydrogens is 262 g/mol. The third-order valence-corrected chi connectivity index (χ3v) is 5.33. The van der Waals surface area contributed by atoms with Crippen LogP contribution in [-0.2, 0) is 10.0 Å². The van der Waals surface area contributed by atoms with Crippen LogP contribution in [0.25, 0.3) is 0 Å². The third kappa shape index (κ3) is 3.26. The molecule has 5 nitrogen and oxygen atoms in total. The summed E-state index contributed by atoms with van der Waals surface area (Å²) in [6.45, 7) is 8.43. The summed E-state index contributed by atoms with van der Waals surface area (Å²) < 4.78 is 26.8. The zero-order chi connectivity index (χ0) is 14.6. The van der Waals surface area contributed by atoms with E-state index in [0.717, 1.165) is 6.42 Å². The van der Waals surface area contributed by atoms with Crippen LogP contribution in [0, 0.1) is 13.8 Å². The standard InChI is InChI=1S/C13H23N3O2S/c1-5-7-16(6-2)19(17,18)13-10(3)8-12(15-14)9-11(13)4/h8-9,15H,5-7,14H2,1-4H3. The highest BCUT2D eigenvalue weighted by atomic mass is 32.2. The summed E-state index contributed by atoms with van der Waals surface area (Å²) in [4.78, 5) is 0.391. The number of rotatable bonds is 6. The monoisotopic (exact) mass is 285 g/mol. The van der Waals surface area contributed by atoms with Gasteiger partial charge in [0.05, 0.1) is 4.90 Å². The minimum Gasteiger partial charge on any atom is -0.324 e. The molecule has 1 aromatic rings. The predicted octanol–water partition coefficient (Wildman–Crippen LogP) is 2.01. The van der Waals surface area contributed by atoms with Gasteiger partial charge in [0.25, 0.3) is 0 Å². The lowest BCUT2D eigenvalue weighted by Gasteiger charge is -2.22. The summed E-state index contributed by atoms with van der Waals surface area (Å²) in [5, 5.41) is 0. The van der Waals surface area contributed by atoms with Gasteiger partial charge in [-0.1, -0.05) is 13.8 Å². The Morgan fingerprint density at radius 1 is 1.21 bits per heavy atom. The van der Waals surface area contributed by atoms with Gasteiger partial charge < -0.3 is 5.43 Å². The Hall–Kier alpha value is -1.11. The molecule has 0 aliphatic rings. The number of sulfonamides is 1. The summed E-state index contributed by atoms with van der Waals surface area (Å²) >= 11 is 0. The van der Waals surface area contributed by atoms with Crippen LogP contribution in [0.4, 0.5) is 5.69 Å². The van der Waals surface area contributed by atoms with Crippen LogP contribution in [0.5, 0.6) is 0 Å². The largest absolute Gasteiger partial charge is 0.324 e. The number of aryl methyl sites for hydroxylation is 2. The molecular formula is C13H23N3O2S. The second-order valence-corrected chi connectivity index (χ2v) is 6.45. The number of hydrazine groups is 1. The first-order chi connectivity index (χ1) is 8.88. The summed E-state index contributed by atoms with van der Waals surface area (Å²) in [6.07, 6.45) is 0.799. The number of nitrogens with zero attached hydrogens (tertiary/aromatic N) is 1. The smallest absolute Gasteiger partial charge is 0.243 e. The Balaban J connectivity index is 3.36. The average Bonchev–Trinajstić information content (AvgIpc) is 2.34. The second kappa shape index (κ2) is 6.36. The third-order valence-electron chi connectivity index (χ3n) is 3.05. The van der Waals surface area contributed by atoms with Gasteiger partial charge in [-0.05, 0) is 43.5 Å². The van der Waals surface area contributed by atoms with Crippen LogP contribution in [0.3, 0.4) is 0 Å². The fourth-order valence-electron chi connectivity index (χ4n) is 2.27. The molecule has 0 fully saturated rings. The maximum absolute atomic E-state index is 12.7. The summed E-state index contributed by atoms with van der Waals surface area (Å²) in [5.74, 6) is 5.37. The van der Waals surface area contributed by atoms with Crippen LogP contribution in [0.1, 0.15) is 31.4 Å². The van der Waals surface area contributed by atoms with E-state index in [1.807, 2.05) is 13.8 Å². The molecule has 0 bridgehead atoms. The lowest BCUT2D eigenvalue weighted by Crippen LogP contribution is -2.32. The SMILES string of the molecule is CCCN(CC)S(=O)(=O)c1c(C)cc(NN)cc1C. The molecule has 0 amide bonds. The van der Waals surface area contributed by atoms with Gasteiger partial charge >= 0.3 is 0 Å². The molecule has 0 aliphatic carbocycles. The highest BCUT2D eigenvalue weighted by Gasteiger charge is 2.26. The van der Waals surface area contributed by atoms with Crippen molar-refractivity contribution in [2.24, 2.45) is 5.84 Å². The molecule has 0 saturated carbocycles. The molecule has 1 rings (SSSR count). The molecule has 0 saturated heterocycles. The van der Waals surface area contributed by atoms with Gasteiger partial charge in [-0.2, -0.15) is 4.31 Å². The van der Waals surface area contributed by atoms with Crippen molar-refractivity contribution in [2.45, 2.75) is 39.0 Å². The van der Waals surface area contributed by atoms with Gasteiger partial charge in [0, 0.05) is 18.8 Å². The van der Waals surface area contributed by atoms with Crippen molar-refractivity contribution in [2.75, 3.05) is 18.5 Å². The van der Waals surface area contributed by atoms with E-state index in [0.29, 0.717) is 34.8 Å². The maximum atomic E-state index is 12.7. The number of nitrogens with one attached hydrogen (secondary N) is 1. The van der Waals surface area contributed by atoms with Crippen molar-refractivity contribution in [3.8, 4) is 0 Å². The first kappa shape index (κ1) is 15.9. The van der Waals surface area contributed by atoms with Gasteiger partial charge in [-0.3, -0.25) is 5.84 Å². The Bertz CT molecular complexity index is 518. The van der Waals surface area contributed by atoms with E-state index in [1.54, 1.807) is 26.0 Å². The molecule has 6 heteroatoms. The molecule has 0 radical (unpaired) electrons. The van der Waals surface area contributed by atoms with Crippen molar-refractivity contribution >= 4 is 15.7 Å². The molecule has 19 heavy (non-hydrogen) atoms. The number of hydrogen-bond donors (Lipinski definition) is 2. The van der Waals surface area contributed by atoms with Gasteiger partial charge in [-0.25, -0.2) is 8.42 Å². The zero-order valence-corrected chi connectivity index (χ0v) is 12.8. The lowest BCUT2D eigenvalue weighted by molar-refractivity contribution is 0.426. The Morgan fingerprint density at radius 2 is 1.74 bits per heavy atom. The van der Waals surface area contributed by atoms with Gasteiger partial charge in [0.15, 0.2) is 0 Å². The van der Waals surface area contributed by atoms with E-state index in [2.05, 4.69) is 5.43 Å². The number of anilines is 1. The molecule has 0 heterocycles. The molecule has 0 atom stereocenters. The zero-order valence-electron chi connectivity index (χ0n) is 12.0. The molecule has 0 aliphatic heterocycles. The predicted molar refractivity (Wildman–Crippen MR) is 78.4 cm³/mol. The second-order valence-electron chi connectivity index (χ2n) is 4.58. The molecule has 108 valence electrons. The summed E-state index contributed by atoms with van der Waals surface area (Å²) in [6, 6.07) is 3.50. The molecule has 0 spiro atoms. The topological polar surface area (TPSA) is 75.4 Å². The van der Waals surface area contributed by atoms with E-state index in [9.17, 15) is 8.42 Å². The Morgan fingerprint density at radius 3 is 2.11 bits per heavy atom. The molecule has 0 aromatic heterocycles. The first-order valence-corrected chi connectivity index (χ1v) is 7.90. The number of nitrogen functional groups attached to an aromatic ring is 1. The van der Waals surface area contributed by atoms with E-state index < -0.39 is 10.0 Å². The van der Waals surface area contributed by atoms with E-state index in [1.165, 1.54) is 4.31 Å². The van der Waals surface area contributed by atoms with Crippen molar-refractivity contribution in [1.29, 1.82) is 0 Å². The average molecular weight is 285 g/mol. The Kier molecular flexibility index (Phi) is 5.34. The van der Waals surface area contributed by atoms with Gasteiger partial charge in [-0.15, -0.1) is 0 Å². The molecule has 1 aromatic carbocycles. The normalized spacial score (nSPS) is 11.9. The van der Waals surface area contributed by atoms with Gasteiger partial charge in [0.1, 0.15) is 0 Å². The van der Waals surface area contributed by atoms with Crippen molar-refractivity contribution in [1.82, 2.24) is 4.31 Å². The highest BCUT2D eigenvalue weighted by molar-refractivity contribution is 7.89. The minimum absolute atomic E-state index is 0.391. The lowest BCUT2D eigenvalue weighted by atomic mass is 10.1. The van der Waals surface area contributed by atoms with E-state index in [-0.39, 0.29) is 0 Å². The number of nitrogens with two attached hydrogens (primary N) is 1. The quantitative estimate of drug-likeness (QED) is 0.619. The maximum Gasteiger partial charge on any atom is 0.243 e. The summed E-state index contributed by atoms with van der Waals surface area (Å²) in [7, 11) is -3.43. The Labute approximate surface area is 115 Å². The van der Waals surface area contributed by atoms with E-state index in [4.69, 9.17) is 5.84 Å². The van der Waals surface area contributed by atoms with Crippen LogP contribution < -0.4 is 11.3 Å². The van der Waals surface area contributed by atoms with Crippen molar-refractivity contribution in [3.63, 3.8) is 0 Å². The van der Waals surface area contributed by atoms with Gasteiger partial charge in [0.2, 0.25) is 10.0 Å². The molecule has 0 unspecified atom stereocenters. The number of benzene rings is 1. The van der Waals surface area contributed by atoms with Crippen LogP contribution in [-0.4, -0.2) is 25.8 Å². The van der Waals surface area contributed by atoms with E-state index >= 15 is 0 Å². The van der Waals surface area contributed by atoms with Crippen molar-refractivity contribution in [3.05, 3.63) is 23.3 Å². The fraction of sp³-hybridized carbons (Fsp3) is 0.538. The molecule has 3 N–H and O–H groups in total. The number of hydrogen-bond acceptors (Lipinski definition) is 4.